The summed E-state index contributed by atoms with van der Waals surface area (Å²) in [4.78, 5) is 2.68. The molecule has 0 aromatic heterocycles. The molecule has 1 aliphatic heterocycles. The average Bonchev–Trinajstić information content (AvgIpc) is 2.35. The number of likely N-dealkylation sites (tertiary alicyclic amines) is 1. The van der Waals surface area contributed by atoms with Crippen molar-refractivity contribution in [1.82, 2.24) is 4.90 Å². The van der Waals surface area contributed by atoms with Crippen LogP contribution in [0.3, 0.4) is 0 Å². The lowest BCUT2D eigenvalue weighted by molar-refractivity contribution is 0.0889. The summed E-state index contributed by atoms with van der Waals surface area (Å²) >= 11 is 0. The van der Waals surface area contributed by atoms with E-state index in [4.69, 9.17) is 5.11 Å². The summed E-state index contributed by atoms with van der Waals surface area (Å²) in [7, 11) is 0. The van der Waals surface area contributed by atoms with Gasteiger partial charge in [-0.1, -0.05) is 26.2 Å². The van der Waals surface area contributed by atoms with Gasteiger partial charge in [-0.2, -0.15) is 0 Å². The maximum atomic E-state index is 9.15. The van der Waals surface area contributed by atoms with Crippen LogP contribution in [0.25, 0.3) is 0 Å². The fraction of sp³-hybridized carbons (Fsp3) is 1.00. The molecule has 2 fully saturated rings. The second kappa shape index (κ2) is 6.75. The lowest BCUT2D eigenvalue weighted by Gasteiger charge is -2.39. The SMILES string of the molecule is CC1CCC(CN2CCCC[C@@H]2CCO)CC1. The number of rotatable bonds is 4. The van der Waals surface area contributed by atoms with E-state index in [0.29, 0.717) is 12.6 Å². The molecule has 2 nitrogen and oxygen atoms in total. The van der Waals surface area contributed by atoms with Crippen molar-refractivity contribution in [2.24, 2.45) is 11.8 Å². The van der Waals surface area contributed by atoms with Gasteiger partial charge in [0.1, 0.15) is 0 Å². The van der Waals surface area contributed by atoms with Crippen LogP contribution in [0.15, 0.2) is 0 Å². The second-order valence-corrected chi connectivity index (χ2v) is 6.28. The van der Waals surface area contributed by atoms with Crippen LogP contribution >= 0.6 is 0 Å². The highest BCUT2D eigenvalue weighted by atomic mass is 16.3. The predicted molar refractivity (Wildman–Crippen MR) is 72.0 cm³/mol. The first-order valence-electron chi connectivity index (χ1n) is 7.64. The first-order valence-corrected chi connectivity index (χ1v) is 7.64. The number of aliphatic hydroxyl groups excluding tert-OH is 1. The van der Waals surface area contributed by atoms with E-state index in [-0.39, 0.29) is 0 Å². The van der Waals surface area contributed by atoms with E-state index in [1.807, 2.05) is 0 Å². The molecule has 0 aromatic rings. The molecule has 1 heterocycles. The van der Waals surface area contributed by atoms with Gasteiger partial charge < -0.3 is 10.0 Å². The number of piperidine rings is 1. The van der Waals surface area contributed by atoms with Gasteiger partial charge in [-0.3, -0.25) is 0 Å². The number of hydrogen-bond donors (Lipinski definition) is 1. The highest BCUT2D eigenvalue weighted by molar-refractivity contribution is 4.80. The summed E-state index contributed by atoms with van der Waals surface area (Å²) in [6.45, 7) is 5.34. The van der Waals surface area contributed by atoms with Crippen LogP contribution in [0, 0.1) is 11.8 Å². The Bertz CT molecular complexity index is 209. The Morgan fingerprint density at radius 2 is 1.82 bits per heavy atom. The molecule has 0 unspecified atom stereocenters. The van der Waals surface area contributed by atoms with E-state index in [1.165, 1.54) is 58.0 Å². The minimum atomic E-state index is 0.364. The molecule has 0 amide bonds. The fourth-order valence-electron chi connectivity index (χ4n) is 3.62. The number of nitrogens with zero attached hydrogens (tertiary/aromatic N) is 1. The molecular formula is C15H29NO. The van der Waals surface area contributed by atoms with Crippen LogP contribution < -0.4 is 0 Å². The van der Waals surface area contributed by atoms with Crippen molar-refractivity contribution in [3.8, 4) is 0 Å². The van der Waals surface area contributed by atoms with Crippen LogP contribution in [0.1, 0.15) is 58.3 Å². The Labute approximate surface area is 106 Å². The molecule has 100 valence electrons. The van der Waals surface area contributed by atoms with Gasteiger partial charge in [-0.15, -0.1) is 0 Å². The van der Waals surface area contributed by atoms with Crippen molar-refractivity contribution in [3.63, 3.8) is 0 Å². The minimum absolute atomic E-state index is 0.364. The zero-order valence-corrected chi connectivity index (χ0v) is 11.4. The maximum absolute atomic E-state index is 9.15. The molecule has 0 aromatic carbocycles. The monoisotopic (exact) mass is 239 g/mol. The van der Waals surface area contributed by atoms with Crippen LogP contribution in [-0.4, -0.2) is 35.7 Å². The molecule has 1 aliphatic carbocycles. The average molecular weight is 239 g/mol. The topological polar surface area (TPSA) is 23.5 Å². The van der Waals surface area contributed by atoms with Crippen molar-refractivity contribution >= 4 is 0 Å². The fourth-order valence-corrected chi connectivity index (χ4v) is 3.62. The Morgan fingerprint density at radius 1 is 1.06 bits per heavy atom. The van der Waals surface area contributed by atoms with E-state index >= 15 is 0 Å². The van der Waals surface area contributed by atoms with Crippen molar-refractivity contribution in [3.05, 3.63) is 0 Å². The Morgan fingerprint density at radius 3 is 2.53 bits per heavy atom. The lowest BCUT2D eigenvalue weighted by atomic mass is 9.82. The summed E-state index contributed by atoms with van der Waals surface area (Å²) in [6.07, 6.45) is 10.8. The third kappa shape index (κ3) is 3.96. The van der Waals surface area contributed by atoms with Crippen LogP contribution in [0.2, 0.25) is 0 Å². The summed E-state index contributed by atoms with van der Waals surface area (Å²) in [5, 5.41) is 9.15. The van der Waals surface area contributed by atoms with Gasteiger partial charge in [-0.25, -0.2) is 0 Å². The van der Waals surface area contributed by atoms with Gasteiger partial charge in [0.25, 0.3) is 0 Å². The van der Waals surface area contributed by atoms with E-state index in [9.17, 15) is 0 Å². The largest absolute Gasteiger partial charge is 0.396 e. The Kier molecular flexibility index (Phi) is 5.30. The summed E-state index contributed by atoms with van der Waals surface area (Å²) in [5.41, 5.74) is 0. The van der Waals surface area contributed by atoms with Crippen molar-refractivity contribution in [1.29, 1.82) is 0 Å². The highest BCUT2D eigenvalue weighted by Gasteiger charge is 2.26. The van der Waals surface area contributed by atoms with Crippen LogP contribution in [0.4, 0.5) is 0 Å². The summed E-state index contributed by atoms with van der Waals surface area (Å²) in [5.74, 6) is 1.89. The molecule has 1 saturated heterocycles. The molecule has 17 heavy (non-hydrogen) atoms. The first kappa shape index (κ1) is 13.4. The van der Waals surface area contributed by atoms with E-state index in [1.54, 1.807) is 0 Å². The minimum Gasteiger partial charge on any atom is -0.396 e. The molecule has 0 spiro atoms. The smallest absolute Gasteiger partial charge is 0.0445 e. The first-order chi connectivity index (χ1) is 8.29. The van der Waals surface area contributed by atoms with E-state index in [2.05, 4.69) is 11.8 Å². The third-order valence-electron chi connectivity index (χ3n) is 4.84. The molecule has 2 rings (SSSR count). The summed E-state index contributed by atoms with van der Waals surface area (Å²) in [6, 6.07) is 0.674. The van der Waals surface area contributed by atoms with Crippen LogP contribution in [-0.2, 0) is 0 Å². The zero-order chi connectivity index (χ0) is 12.1. The molecular weight excluding hydrogens is 210 g/mol. The van der Waals surface area contributed by atoms with Gasteiger partial charge in [0.05, 0.1) is 0 Å². The third-order valence-corrected chi connectivity index (χ3v) is 4.84. The molecule has 0 bridgehead atoms. The van der Waals surface area contributed by atoms with Crippen LogP contribution in [0.5, 0.6) is 0 Å². The quantitative estimate of drug-likeness (QED) is 0.815. The highest BCUT2D eigenvalue weighted by Crippen LogP contribution is 2.30. The zero-order valence-electron chi connectivity index (χ0n) is 11.4. The Balaban J connectivity index is 1.79. The van der Waals surface area contributed by atoms with Gasteiger partial charge in [0, 0.05) is 19.2 Å². The standard InChI is InChI=1S/C15H29NO/c1-13-5-7-14(8-6-13)12-16-10-3-2-4-15(16)9-11-17/h13-15,17H,2-12H2,1H3/t13?,14?,15-/m1/s1. The van der Waals surface area contributed by atoms with E-state index < -0.39 is 0 Å². The molecule has 0 radical (unpaired) electrons. The molecule has 1 N–H and O–H groups in total. The van der Waals surface area contributed by atoms with Gasteiger partial charge in [-0.05, 0) is 50.5 Å². The summed E-state index contributed by atoms with van der Waals surface area (Å²) < 4.78 is 0. The molecule has 2 aliphatic rings. The van der Waals surface area contributed by atoms with Gasteiger partial charge >= 0.3 is 0 Å². The van der Waals surface area contributed by atoms with E-state index in [0.717, 1.165) is 18.3 Å². The molecule has 1 atom stereocenters. The number of hydrogen-bond acceptors (Lipinski definition) is 2. The van der Waals surface area contributed by atoms with Gasteiger partial charge in [0.2, 0.25) is 0 Å². The lowest BCUT2D eigenvalue weighted by Crippen LogP contribution is -2.43. The normalized spacial score (nSPS) is 36.0. The Hall–Kier alpha value is -0.0800. The van der Waals surface area contributed by atoms with Crippen molar-refractivity contribution in [2.75, 3.05) is 19.7 Å². The van der Waals surface area contributed by atoms with Gasteiger partial charge in [0.15, 0.2) is 0 Å². The predicted octanol–water partition coefficient (Wildman–Crippen LogP) is 3.05. The molecule has 2 heteroatoms. The second-order valence-electron chi connectivity index (χ2n) is 6.28. The van der Waals surface area contributed by atoms with Crippen molar-refractivity contribution < 1.29 is 5.11 Å². The van der Waals surface area contributed by atoms with Crippen molar-refractivity contribution in [2.45, 2.75) is 64.3 Å². The molecule has 1 saturated carbocycles. The maximum Gasteiger partial charge on any atom is 0.0445 e. The number of aliphatic hydroxyl groups is 1.